The Balaban J connectivity index is 1.61. The molecule has 0 bridgehead atoms. The molecule has 0 radical (unpaired) electrons. The number of rotatable bonds is 6. The van der Waals surface area contributed by atoms with Crippen LogP contribution in [0.2, 0.25) is 0 Å². The lowest BCUT2D eigenvalue weighted by Gasteiger charge is -2.20. The largest absolute Gasteiger partial charge is 0.375 e. The lowest BCUT2D eigenvalue weighted by Crippen LogP contribution is -2.32. The summed E-state index contributed by atoms with van der Waals surface area (Å²) in [4.78, 5) is 1.80. The molecule has 1 fully saturated rings. The highest BCUT2D eigenvalue weighted by Crippen LogP contribution is 2.26. The lowest BCUT2D eigenvalue weighted by molar-refractivity contribution is 0.549. The smallest absolute Gasteiger partial charge is 0.184 e. The van der Waals surface area contributed by atoms with Crippen LogP contribution in [0.3, 0.4) is 0 Å². The molecule has 2 aromatic carbocycles. The minimum Gasteiger partial charge on any atom is -0.375 e. The van der Waals surface area contributed by atoms with Crippen LogP contribution in [0.4, 0.5) is 18.9 Å². The molecule has 28 heavy (non-hydrogen) atoms. The molecule has 1 heterocycles. The number of benzene rings is 2. The van der Waals surface area contributed by atoms with Crippen LogP contribution < -0.4 is 21.4 Å². The summed E-state index contributed by atoms with van der Waals surface area (Å²) < 4.78 is 41.7. The number of hydrogen-bond donors (Lipinski definition) is 3. The molecule has 0 aliphatic carbocycles. The summed E-state index contributed by atoms with van der Waals surface area (Å²) in [6.45, 7) is 1.74. The van der Waals surface area contributed by atoms with E-state index in [9.17, 15) is 13.2 Å². The highest BCUT2D eigenvalue weighted by Gasteiger charge is 2.25. The Bertz CT molecular complexity index is 873. The van der Waals surface area contributed by atoms with Crippen molar-refractivity contribution in [2.45, 2.75) is 19.0 Å². The van der Waals surface area contributed by atoms with Gasteiger partial charge in [0.05, 0.1) is 11.9 Å². The molecule has 1 saturated heterocycles. The predicted octanol–water partition coefficient (Wildman–Crippen LogP) is 2.64. The lowest BCUT2D eigenvalue weighted by atomic mass is 10.2. The second-order valence-electron chi connectivity index (χ2n) is 6.50. The molecular weight excluding hydrogens is 387 g/mol. The van der Waals surface area contributed by atoms with Crippen molar-refractivity contribution in [3.8, 4) is 0 Å². The zero-order chi connectivity index (χ0) is 20.1. The van der Waals surface area contributed by atoms with Gasteiger partial charge in [0.25, 0.3) is 0 Å². The van der Waals surface area contributed by atoms with E-state index in [1.807, 2.05) is 0 Å². The quantitative estimate of drug-likeness (QED) is 0.390. The van der Waals surface area contributed by atoms with Gasteiger partial charge in [-0.3, -0.25) is 5.43 Å². The summed E-state index contributed by atoms with van der Waals surface area (Å²) in [6.07, 6.45) is 1.92. The van der Waals surface area contributed by atoms with Crippen molar-refractivity contribution >= 4 is 29.2 Å². The Morgan fingerprint density at radius 1 is 1.21 bits per heavy atom. The van der Waals surface area contributed by atoms with E-state index in [0.29, 0.717) is 19.6 Å². The monoisotopic (exact) mass is 407 g/mol. The summed E-state index contributed by atoms with van der Waals surface area (Å²) >= 11 is 4.59. The van der Waals surface area contributed by atoms with Crippen LogP contribution in [-0.2, 0) is 6.54 Å². The van der Waals surface area contributed by atoms with E-state index in [0.717, 1.165) is 24.3 Å². The highest BCUT2D eigenvalue weighted by molar-refractivity contribution is 7.80. The Kier molecular flexibility index (Phi) is 6.48. The topological polar surface area (TPSA) is 65.7 Å². The first-order chi connectivity index (χ1) is 13.4. The van der Waals surface area contributed by atoms with E-state index >= 15 is 0 Å². The maximum absolute atomic E-state index is 14.5. The zero-order valence-corrected chi connectivity index (χ0v) is 15.8. The fraction of sp³-hybridized carbons (Fsp3) is 0.263. The molecule has 0 spiro atoms. The van der Waals surface area contributed by atoms with Crippen molar-refractivity contribution in [2.24, 2.45) is 10.8 Å². The van der Waals surface area contributed by atoms with Crippen LogP contribution in [0.15, 0.2) is 41.5 Å². The molecule has 9 heteroatoms. The Morgan fingerprint density at radius 3 is 2.68 bits per heavy atom. The molecule has 148 valence electrons. The van der Waals surface area contributed by atoms with E-state index in [2.05, 4.69) is 28.1 Å². The number of hydrazone groups is 1. The van der Waals surface area contributed by atoms with Crippen LogP contribution in [0, 0.1) is 17.5 Å². The summed E-state index contributed by atoms with van der Waals surface area (Å²) in [7, 11) is 0. The van der Waals surface area contributed by atoms with Gasteiger partial charge in [-0.15, -0.1) is 0 Å². The number of thiocarbonyl (C=S) groups is 1. The molecule has 3 rings (SSSR count). The highest BCUT2D eigenvalue weighted by atomic mass is 32.1. The molecule has 2 aromatic rings. The van der Waals surface area contributed by atoms with E-state index in [4.69, 9.17) is 5.73 Å². The van der Waals surface area contributed by atoms with Gasteiger partial charge in [0.15, 0.2) is 5.11 Å². The Morgan fingerprint density at radius 2 is 1.96 bits per heavy atom. The van der Waals surface area contributed by atoms with E-state index in [1.54, 1.807) is 17.0 Å². The third-order valence-corrected chi connectivity index (χ3v) is 4.57. The Labute approximate surface area is 166 Å². The fourth-order valence-electron chi connectivity index (χ4n) is 3.07. The fourth-order valence-corrected chi connectivity index (χ4v) is 3.12. The minimum atomic E-state index is -0.590. The van der Waals surface area contributed by atoms with E-state index in [1.165, 1.54) is 18.2 Å². The molecule has 1 aliphatic rings. The molecule has 0 saturated carbocycles. The summed E-state index contributed by atoms with van der Waals surface area (Å²) in [5, 5.41) is 6.95. The maximum atomic E-state index is 14.5. The van der Waals surface area contributed by atoms with Gasteiger partial charge in [-0.25, -0.2) is 13.2 Å². The SMILES string of the molecule is NC(=S)NN=Cc1cc(F)c(N2CC[C@@H](NCc3ccc(F)cc3)C2)cc1F. The average Bonchev–Trinajstić information content (AvgIpc) is 3.12. The van der Waals surface area contributed by atoms with Gasteiger partial charge in [0.2, 0.25) is 0 Å². The van der Waals surface area contributed by atoms with Crippen LogP contribution in [-0.4, -0.2) is 30.5 Å². The number of hydrogen-bond acceptors (Lipinski definition) is 4. The van der Waals surface area contributed by atoms with Crippen LogP contribution >= 0.6 is 12.2 Å². The first-order valence-electron chi connectivity index (χ1n) is 8.72. The number of nitrogens with one attached hydrogen (secondary N) is 2. The molecular formula is C19H20F3N5S. The van der Waals surface area contributed by atoms with Crippen molar-refractivity contribution in [3.63, 3.8) is 0 Å². The normalized spacial score (nSPS) is 16.7. The second kappa shape index (κ2) is 9.03. The average molecular weight is 407 g/mol. The molecule has 0 unspecified atom stereocenters. The Hall–Kier alpha value is -2.65. The first-order valence-corrected chi connectivity index (χ1v) is 9.13. The number of anilines is 1. The van der Waals surface area contributed by atoms with E-state index < -0.39 is 11.6 Å². The van der Waals surface area contributed by atoms with Crippen molar-refractivity contribution in [2.75, 3.05) is 18.0 Å². The molecule has 5 nitrogen and oxygen atoms in total. The summed E-state index contributed by atoms with van der Waals surface area (Å²) in [5.41, 5.74) is 8.69. The molecule has 4 N–H and O–H groups in total. The van der Waals surface area contributed by atoms with Gasteiger partial charge < -0.3 is 16.0 Å². The van der Waals surface area contributed by atoms with Gasteiger partial charge in [-0.1, -0.05) is 12.1 Å². The van der Waals surface area contributed by atoms with Gasteiger partial charge >= 0.3 is 0 Å². The van der Waals surface area contributed by atoms with Gasteiger partial charge in [0.1, 0.15) is 17.5 Å². The third kappa shape index (κ3) is 5.20. The second-order valence-corrected chi connectivity index (χ2v) is 6.94. The third-order valence-electron chi connectivity index (χ3n) is 4.48. The molecule has 1 atom stereocenters. The molecule has 0 amide bonds. The van der Waals surface area contributed by atoms with Crippen LogP contribution in [0.1, 0.15) is 17.5 Å². The summed E-state index contributed by atoms with van der Waals surface area (Å²) in [5.74, 6) is -1.40. The standard InChI is InChI=1S/C19H20F3N5S/c20-14-3-1-12(2-4-14)9-24-15-5-6-27(11-15)18-8-16(21)13(7-17(18)22)10-25-26-19(23)28/h1-4,7-8,10,15,24H,5-6,9,11H2,(H3,23,26,28)/t15-/m1/s1. The van der Waals surface area contributed by atoms with Crippen LogP contribution in [0.25, 0.3) is 0 Å². The van der Waals surface area contributed by atoms with Crippen molar-refractivity contribution < 1.29 is 13.2 Å². The van der Waals surface area contributed by atoms with Gasteiger partial charge in [0, 0.05) is 37.3 Å². The van der Waals surface area contributed by atoms with Crippen molar-refractivity contribution in [3.05, 3.63) is 65.0 Å². The predicted molar refractivity (Wildman–Crippen MR) is 108 cm³/mol. The van der Waals surface area contributed by atoms with Gasteiger partial charge in [-0.05, 0) is 42.4 Å². The first kappa shape index (κ1) is 20.1. The number of nitrogens with zero attached hydrogens (tertiary/aromatic N) is 2. The zero-order valence-electron chi connectivity index (χ0n) is 15.0. The van der Waals surface area contributed by atoms with Crippen molar-refractivity contribution in [1.29, 1.82) is 0 Å². The molecule has 0 aromatic heterocycles. The maximum Gasteiger partial charge on any atom is 0.184 e. The molecule has 1 aliphatic heterocycles. The number of nitrogens with two attached hydrogens (primary N) is 1. The minimum absolute atomic E-state index is 0.00446. The number of halogens is 3. The van der Waals surface area contributed by atoms with Crippen molar-refractivity contribution in [1.82, 2.24) is 10.7 Å². The van der Waals surface area contributed by atoms with Crippen LogP contribution in [0.5, 0.6) is 0 Å². The summed E-state index contributed by atoms with van der Waals surface area (Å²) in [6, 6.07) is 8.65. The van der Waals surface area contributed by atoms with E-state index in [-0.39, 0.29) is 28.2 Å². The van der Waals surface area contributed by atoms with Gasteiger partial charge in [-0.2, -0.15) is 5.10 Å².